The minimum absolute atomic E-state index is 0.488. The second kappa shape index (κ2) is 6.11. The van der Waals surface area contributed by atoms with Gasteiger partial charge >= 0.3 is 5.97 Å². The van der Waals surface area contributed by atoms with Crippen LogP contribution in [0.15, 0.2) is 23.1 Å². The average Bonchev–Trinajstić information content (AvgIpc) is 2.29. The predicted octanol–water partition coefficient (Wildman–Crippen LogP) is 2.14. The van der Waals surface area contributed by atoms with Crippen LogP contribution in [0, 0.1) is 12.7 Å². The third kappa shape index (κ3) is 5.09. The lowest BCUT2D eigenvalue weighted by molar-refractivity contribution is -0.156. The van der Waals surface area contributed by atoms with E-state index in [4.69, 9.17) is 4.74 Å². The quantitative estimate of drug-likeness (QED) is 0.864. The van der Waals surface area contributed by atoms with Crippen LogP contribution in [0.2, 0.25) is 0 Å². The minimum atomic E-state index is -4.14. The van der Waals surface area contributed by atoms with Crippen LogP contribution in [0.3, 0.4) is 0 Å². The van der Waals surface area contributed by atoms with Crippen molar-refractivity contribution in [1.82, 2.24) is 4.72 Å². The van der Waals surface area contributed by atoms with Crippen molar-refractivity contribution >= 4 is 16.0 Å². The molecule has 0 fully saturated rings. The molecule has 1 rings (SSSR count). The van der Waals surface area contributed by atoms with Gasteiger partial charge in [0.2, 0.25) is 10.0 Å². The maximum absolute atomic E-state index is 13.7. The average molecular weight is 317 g/mol. The summed E-state index contributed by atoms with van der Waals surface area (Å²) >= 11 is 0. The Morgan fingerprint density at radius 2 is 1.90 bits per heavy atom. The number of carbonyl (C=O) groups excluding carboxylic acids is 1. The lowest BCUT2D eigenvalue weighted by Crippen LogP contribution is -2.42. The van der Waals surface area contributed by atoms with Gasteiger partial charge in [-0.1, -0.05) is 6.07 Å². The summed E-state index contributed by atoms with van der Waals surface area (Å²) in [6, 6.07) is 2.63. The SMILES string of the molecule is Cc1ccc(F)c(S(=O)(=O)N[C@H](C)C(=O)OC(C)(C)C)c1. The zero-order valence-corrected chi connectivity index (χ0v) is 13.5. The molecule has 0 aliphatic rings. The summed E-state index contributed by atoms with van der Waals surface area (Å²) in [4.78, 5) is 11.3. The number of aryl methyl sites for hydroxylation is 1. The lowest BCUT2D eigenvalue weighted by Gasteiger charge is -2.22. The highest BCUT2D eigenvalue weighted by molar-refractivity contribution is 7.89. The number of nitrogens with one attached hydrogen (secondary N) is 1. The van der Waals surface area contributed by atoms with Gasteiger partial charge in [0, 0.05) is 0 Å². The van der Waals surface area contributed by atoms with Crippen LogP contribution in [0.25, 0.3) is 0 Å². The molecule has 21 heavy (non-hydrogen) atoms. The van der Waals surface area contributed by atoms with Crippen molar-refractivity contribution in [1.29, 1.82) is 0 Å². The van der Waals surface area contributed by atoms with E-state index >= 15 is 0 Å². The Balaban J connectivity index is 2.95. The van der Waals surface area contributed by atoms with Crippen molar-refractivity contribution in [3.8, 4) is 0 Å². The topological polar surface area (TPSA) is 72.5 Å². The molecule has 7 heteroatoms. The summed E-state index contributed by atoms with van der Waals surface area (Å²) in [6.07, 6.45) is 0. The first-order chi connectivity index (χ1) is 9.42. The lowest BCUT2D eigenvalue weighted by atomic mass is 10.2. The fraction of sp³-hybridized carbons (Fsp3) is 0.500. The Bertz CT molecular complexity index is 635. The molecular formula is C14H20FNO4S. The third-order valence-corrected chi connectivity index (χ3v) is 4.02. The Kier molecular flexibility index (Phi) is 5.11. The molecule has 0 unspecified atom stereocenters. The Hall–Kier alpha value is -1.47. The van der Waals surface area contributed by atoms with Gasteiger partial charge in [-0.3, -0.25) is 4.79 Å². The first kappa shape index (κ1) is 17.6. The molecule has 1 N–H and O–H groups in total. The highest BCUT2D eigenvalue weighted by Gasteiger charge is 2.28. The van der Waals surface area contributed by atoms with Gasteiger partial charge in [0.15, 0.2) is 0 Å². The van der Waals surface area contributed by atoms with Crippen molar-refractivity contribution in [2.45, 2.75) is 51.2 Å². The van der Waals surface area contributed by atoms with E-state index < -0.39 is 38.3 Å². The number of carbonyl (C=O) groups is 1. The number of esters is 1. The molecule has 0 saturated carbocycles. The van der Waals surface area contributed by atoms with Gasteiger partial charge in [-0.25, -0.2) is 12.8 Å². The highest BCUT2D eigenvalue weighted by Crippen LogP contribution is 2.17. The van der Waals surface area contributed by atoms with Crippen LogP contribution in [0.1, 0.15) is 33.3 Å². The normalized spacial score (nSPS) is 13.8. The van der Waals surface area contributed by atoms with Crippen LogP contribution in [-0.2, 0) is 19.6 Å². The van der Waals surface area contributed by atoms with Crippen molar-refractivity contribution in [2.24, 2.45) is 0 Å². The molecule has 0 heterocycles. The molecule has 118 valence electrons. The number of halogens is 1. The Morgan fingerprint density at radius 3 is 2.43 bits per heavy atom. The molecule has 0 amide bonds. The van der Waals surface area contributed by atoms with Gasteiger partial charge < -0.3 is 4.74 Å². The number of hydrogen-bond acceptors (Lipinski definition) is 4. The van der Waals surface area contributed by atoms with E-state index in [2.05, 4.69) is 4.72 Å². The maximum Gasteiger partial charge on any atom is 0.324 e. The van der Waals surface area contributed by atoms with Crippen LogP contribution < -0.4 is 4.72 Å². The Labute approximate surface area is 124 Å². The van der Waals surface area contributed by atoms with Crippen molar-refractivity contribution < 1.29 is 22.3 Å². The molecule has 0 bridgehead atoms. The van der Waals surface area contributed by atoms with Crippen LogP contribution in [-0.4, -0.2) is 26.0 Å². The summed E-state index contributed by atoms with van der Waals surface area (Å²) in [5.41, 5.74) is -0.132. The zero-order valence-electron chi connectivity index (χ0n) is 12.7. The molecule has 0 aromatic heterocycles. The number of ether oxygens (including phenoxy) is 1. The molecule has 0 saturated heterocycles. The number of rotatable bonds is 4. The first-order valence-electron chi connectivity index (χ1n) is 6.44. The molecule has 1 aromatic carbocycles. The van der Waals surface area contributed by atoms with Gasteiger partial charge in [0.1, 0.15) is 22.4 Å². The first-order valence-corrected chi connectivity index (χ1v) is 7.92. The van der Waals surface area contributed by atoms with E-state index in [9.17, 15) is 17.6 Å². The molecule has 0 aliphatic heterocycles. The van der Waals surface area contributed by atoms with Gasteiger partial charge in [-0.15, -0.1) is 0 Å². The smallest absolute Gasteiger partial charge is 0.324 e. The molecule has 1 aromatic rings. The van der Waals surface area contributed by atoms with E-state index in [1.54, 1.807) is 27.7 Å². The molecular weight excluding hydrogens is 297 g/mol. The molecule has 0 aliphatic carbocycles. The standard InChI is InChI=1S/C14H20FNO4S/c1-9-6-7-11(15)12(8-9)21(18,19)16-10(2)13(17)20-14(3,4)5/h6-8,10,16H,1-5H3/t10-/m1/s1. The van der Waals surface area contributed by atoms with Gasteiger partial charge in [0.05, 0.1) is 0 Å². The van der Waals surface area contributed by atoms with Gasteiger partial charge in [-0.05, 0) is 52.3 Å². The highest BCUT2D eigenvalue weighted by atomic mass is 32.2. The van der Waals surface area contributed by atoms with E-state index in [0.717, 1.165) is 6.07 Å². The van der Waals surface area contributed by atoms with Crippen LogP contribution in [0.4, 0.5) is 4.39 Å². The number of benzene rings is 1. The molecule has 0 radical (unpaired) electrons. The van der Waals surface area contributed by atoms with Gasteiger partial charge in [0.25, 0.3) is 0 Å². The van der Waals surface area contributed by atoms with Crippen molar-refractivity contribution in [3.05, 3.63) is 29.6 Å². The second-order valence-corrected chi connectivity index (χ2v) is 7.49. The Morgan fingerprint density at radius 1 is 1.33 bits per heavy atom. The van der Waals surface area contributed by atoms with E-state index in [-0.39, 0.29) is 0 Å². The van der Waals surface area contributed by atoms with E-state index in [0.29, 0.717) is 5.56 Å². The third-order valence-electron chi connectivity index (χ3n) is 2.47. The predicted molar refractivity (Wildman–Crippen MR) is 76.8 cm³/mol. The van der Waals surface area contributed by atoms with Crippen LogP contribution >= 0.6 is 0 Å². The summed E-state index contributed by atoms with van der Waals surface area (Å²) in [7, 11) is -4.14. The number of sulfonamides is 1. The second-order valence-electron chi connectivity index (χ2n) is 5.81. The van der Waals surface area contributed by atoms with Crippen molar-refractivity contribution in [2.75, 3.05) is 0 Å². The van der Waals surface area contributed by atoms with Crippen LogP contribution in [0.5, 0.6) is 0 Å². The maximum atomic E-state index is 13.7. The summed E-state index contributed by atoms with van der Waals surface area (Å²) in [5.74, 6) is -1.59. The largest absolute Gasteiger partial charge is 0.459 e. The monoisotopic (exact) mass is 317 g/mol. The summed E-state index contributed by atoms with van der Waals surface area (Å²) in [5, 5.41) is 0. The van der Waals surface area contributed by atoms with E-state index in [1.807, 2.05) is 0 Å². The molecule has 1 atom stereocenters. The zero-order chi connectivity index (χ0) is 16.4. The minimum Gasteiger partial charge on any atom is -0.459 e. The van der Waals surface area contributed by atoms with E-state index in [1.165, 1.54) is 19.1 Å². The number of hydrogen-bond donors (Lipinski definition) is 1. The van der Waals surface area contributed by atoms with Crippen molar-refractivity contribution in [3.63, 3.8) is 0 Å². The fourth-order valence-corrected chi connectivity index (χ4v) is 2.91. The summed E-state index contributed by atoms with van der Waals surface area (Å²) in [6.45, 7) is 8.01. The van der Waals surface area contributed by atoms with Gasteiger partial charge in [-0.2, -0.15) is 4.72 Å². The summed E-state index contributed by atoms with van der Waals surface area (Å²) < 4.78 is 45.1. The molecule has 5 nitrogen and oxygen atoms in total. The molecule has 0 spiro atoms. The fourth-order valence-electron chi connectivity index (χ4n) is 1.55.